The number of unbranched alkanes of at least 4 members (excludes halogenated alkanes) is 42. The molecule has 19 nitrogen and oxygen atoms in total. The lowest BCUT2D eigenvalue weighted by Crippen LogP contribution is -2.66. The molecule has 0 saturated carbocycles. The predicted octanol–water partition coefficient (Wildman–Crippen LogP) is 12.3. The van der Waals surface area contributed by atoms with Crippen LogP contribution in [0.5, 0.6) is 0 Å². The molecule has 0 aromatic carbocycles. The molecule has 0 spiro atoms. The molecule has 0 bridgehead atoms. The average Bonchev–Trinajstić information content (AvgIpc) is 0.787. The van der Waals surface area contributed by atoms with Gasteiger partial charge in [-0.3, -0.25) is 4.79 Å². The van der Waals surface area contributed by atoms with E-state index in [1.54, 1.807) is 6.08 Å². The van der Waals surface area contributed by atoms with Gasteiger partial charge in [0.1, 0.15) is 73.2 Å². The summed E-state index contributed by atoms with van der Waals surface area (Å²) in [6.45, 7) is 1.76. The van der Waals surface area contributed by atoms with Gasteiger partial charge in [0.2, 0.25) is 5.91 Å². The SMILES string of the molecule is CCCCCCC/C=C\C/C=C\CCCCCCCCCCCCCCCCCCCCCCCC(=O)NC(COC1OC(CO)C(OC2OC(CO)C(OC3OC(CO)C(O)C(O)C3O)C(O)C2O)C(O)C1O)C(O)/C=C/CCCCCCCCCCCCCCCCCC. The van der Waals surface area contributed by atoms with Crippen molar-refractivity contribution in [3.8, 4) is 0 Å². The van der Waals surface area contributed by atoms with Crippen LogP contribution >= 0.6 is 0 Å². The average molecular weight is 1370 g/mol. The van der Waals surface area contributed by atoms with Crippen molar-refractivity contribution in [2.45, 2.75) is 420 Å². The van der Waals surface area contributed by atoms with E-state index >= 15 is 0 Å². The third-order valence-electron chi connectivity index (χ3n) is 19.7. The number of hydrogen-bond acceptors (Lipinski definition) is 18. The summed E-state index contributed by atoms with van der Waals surface area (Å²) >= 11 is 0. The van der Waals surface area contributed by atoms with Crippen LogP contribution in [-0.4, -0.2) is 193 Å². The predicted molar refractivity (Wildman–Crippen MR) is 379 cm³/mol. The maximum Gasteiger partial charge on any atom is 0.220 e. The van der Waals surface area contributed by atoms with E-state index in [0.29, 0.717) is 6.42 Å². The van der Waals surface area contributed by atoms with Gasteiger partial charge in [-0.05, 0) is 51.4 Å². The second-order valence-electron chi connectivity index (χ2n) is 28.2. The van der Waals surface area contributed by atoms with Crippen molar-refractivity contribution in [1.29, 1.82) is 0 Å². The standard InChI is InChI=1S/C77H143NO18/c1-3-5-7-9-11-13-15-17-19-21-23-24-25-26-27-28-29-30-31-32-33-34-35-36-37-39-41-43-45-47-49-51-53-55-65(83)78-60(61(82)54-52-50-48-46-44-42-40-38-22-20-18-16-14-12-10-8-6-4-2)59-91-75-71(89)68(86)73(63(57-80)93-75)96-77-72(90)69(87)74(64(58-81)94-77)95-76-70(88)67(85)66(84)62(56-79)92-76/h15,17,21,23,52,54,60-64,66-77,79-82,84-90H,3-14,16,18-20,22,24-51,53,55-59H2,1-2H3,(H,78,83)/b17-15-,23-21-,54-52+. The molecule has 0 aromatic heterocycles. The fraction of sp³-hybridized carbons (Fsp3) is 0.909. The zero-order valence-corrected chi connectivity index (χ0v) is 60.1. The molecule has 17 atom stereocenters. The number of hydrogen-bond donors (Lipinski definition) is 12. The molecule has 3 aliphatic rings. The molecule has 19 heteroatoms. The summed E-state index contributed by atoms with van der Waals surface area (Å²) in [5.74, 6) is -0.270. The summed E-state index contributed by atoms with van der Waals surface area (Å²) < 4.78 is 34.4. The normalized spacial score (nSPS) is 27.2. The van der Waals surface area contributed by atoms with Crippen LogP contribution in [0.4, 0.5) is 0 Å². The van der Waals surface area contributed by atoms with E-state index in [0.717, 1.165) is 51.4 Å². The van der Waals surface area contributed by atoms with Crippen molar-refractivity contribution in [3.63, 3.8) is 0 Å². The van der Waals surface area contributed by atoms with Gasteiger partial charge in [-0.15, -0.1) is 0 Å². The van der Waals surface area contributed by atoms with Crippen molar-refractivity contribution in [2.75, 3.05) is 26.4 Å². The molecule has 564 valence electrons. The van der Waals surface area contributed by atoms with Gasteiger partial charge in [-0.25, -0.2) is 0 Å². The largest absolute Gasteiger partial charge is 0.394 e. The molecule has 3 fully saturated rings. The fourth-order valence-corrected chi connectivity index (χ4v) is 13.3. The molecule has 0 radical (unpaired) electrons. The van der Waals surface area contributed by atoms with Crippen molar-refractivity contribution >= 4 is 5.91 Å². The number of carbonyl (C=O) groups excluding carboxylic acids is 1. The van der Waals surface area contributed by atoms with Gasteiger partial charge in [0.25, 0.3) is 0 Å². The fourth-order valence-electron chi connectivity index (χ4n) is 13.3. The molecule has 12 N–H and O–H groups in total. The molecule has 3 aliphatic heterocycles. The van der Waals surface area contributed by atoms with Gasteiger partial charge in [0.05, 0.1) is 38.6 Å². The lowest BCUT2D eigenvalue weighted by atomic mass is 9.96. The quantitative estimate of drug-likeness (QED) is 0.0199. The third-order valence-corrected chi connectivity index (χ3v) is 19.7. The zero-order chi connectivity index (χ0) is 69.6. The van der Waals surface area contributed by atoms with Crippen molar-refractivity contribution < 1.29 is 89.4 Å². The van der Waals surface area contributed by atoms with Crippen LogP contribution in [0.15, 0.2) is 36.5 Å². The van der Waals surface area contributed by atoms with E-state index < -0.39 is 124 Å². The first-order valence-electron chi connectivity index (χ1n) is 39.2. The monoisotopic (exact) mass is 1370 g/mol. The molecule has 1 amide bonds. The van der Waals surface area contributed by atoms with Gasteiger partial charge in [0, 0.05) is 6.42 Å². The first-order chi connectivity index (χ1) is 46.8. The van der Waals surface area contributed by atoms with Gasteiger partial charge in [0.15, 0.2) is 18.9 Å². The Kier molecular flexibility index (Phi) is 53.8. The first-order valence-corrected chi connectivity index (χ1v) is 39.2. The topological polar surface area (TPSA) is 307 Å². The second kappa shape index (κ2) is 58.5. The Labute approximate surface area is 581 Å². The highest BCUT2D eigenvalue weighted by Crippen LogP contribution is 2.33. The van der Waals surface area contributed by atoms with Crippen molar-refractivity contribution in [1.82, 2.24) is 5.32 Å². The molecular formula is C77H143NO18. The van der Waals surface area contributed by atoms with E-state index in [-0.39, 0.29) is 18.9 Å². The summed E-state index contributed by atoms with van der Waals surface area (Å²) in [4.78, 5) is 13.5. The van der Waals surface area contributed by atoms with Gasteiger partial charge in [-0.2, -0.15) is 0 Å². The molecule has 3 saturated heterocycles. The number of nitrogens with one attached hydrogen (secondary N) is 1. The second-order valence-corrected chi connectivity index (χ2v) is 28.2. The van der Waals surface area contributed by atoms with Gasteiger partial charge >= 0.3 is 0 Å². The Morgan fingerprint density at radius 2 is 0.688 bits per heavy atom. The third kappa shape index (κ3) is 38.9. The van der Waals surface area contributed by atoms with Gasteiger partial charge in [-0.1, -0.05) is 294 Å². The molecule has 96 heavy (non-hydrogen) atoms. The molecular weight excluding hydrogens is 1230 g/mol. The molecule has 3 rings (SSSR count). The highest BCUT2D eigenvalue weighted by Gasteiger charge is 2.53. The minimum absolute atomic E-state index is 0.247. The van der Waals surface area contributed by atoms with E-state index in [1.165, 1.54) is 238 Å². The highest BCUT2D eigenvalue weighted by atomic mass is 16.8. The lowest BCUT2D eigenvalue weighted by molar-refractivity contribution is -0.379. The Balaban J connectivity index is 1.35. The Morgan fingerprint density at radius 3 is 1.06 bits per heavy atom. The number of allylic oxidation sites excluding steroid dienone is 5. The van der Waals surface area contributed by atoms with Crippen LogP contribution in [-0.2, 0) is 33.2 Å². The number of rotatable bonds is 62. The van der Waals surface area contributed by atoms with E-state index in [9.17, 15) is 61.0 Å². The zero-order valence-electron chi connectivity index (χ0n) is 60.1. The van der Waals surface area contributed by atoms with E-state index in [4.69, 9.17) is 28.4 Å². The molecule has 0 aromatic rings. The van der Waals surface area contributed by atoms with Crippen LogP contribution in [0.3, 0.4) is 0 Å². The lowest BCUT2D eigenvalue weighted by Gasteiger charge is -2.48. The summed E-state index contributed by atoms with van der Waals surface area (Å²) in [6.07, 6.45) is 44.2. The Hall–Kier alpha value is -1.99. The number of carbonyl (C=O) groups is 1. The van der Waals surface area contributed by atoms with E-state index in [2.05, 4.69) is 43.5 Å². The Bertz CT molecular complexity index is 1880. The Morgan fingerprint density at radius 1 is 0.375 bits per heavy atom. The summed E-state index contributed by atoms with van der Waals surface area (Å²) in [5.41, 5.74) is 0. The maximum atomic E-state index is 13.5. The van der Waals surface area contributed by atoms with Crippen LogP contribution in [0.1, 0.15) is 316 Å². The number of ether oxygens (including phenoxy) is 6. The summed E-state index contributed by atoms with van der Waals surface area (Å²) in [6, 6.07) is -0.972. The summed E-state index contributed by atoms with van der Waals surface area (Å²) in [7, 11) is 0. The van der Waals surface area contributed by atoms with E-state index in [1.807, 2.05) is 6.08 Å². The van der Waals surface area contributed by atoms with Crippen molar-refractivity contribution in [3.05, 3.63) is 36.5 Å². The first kappa shape index (κ1) is 88.2. The van der Waals surface area contributed by atoms with Crippen LogP contribution in [0.2, 0.25) is 0 Å². The minimum Gasteiger partial charge on any atom is -0.394 e. The number of amides is 1. The molecule has 0 aliphatic carbocycles. The van der Waals surface area contributed by atoms with Crippen LogP contribution < -0.4 is 5.32 Å². The molecule has 17 unspecified atom stereocenters. The number of aliphatic hydroxyl groups excluding tert-OH is 11. The minimum atomic E-state index is -1.98. The number of aliphatic hydroxyl groups is 11. The van der Waals surface area contributed by atoms with Crippen LogP contribution in [0.25, 0.3) is 0 Å². The van der Waals surface area contributed by atoms with Crippen LogP contribution in [0, 0.1) is 0 Å². The highest BCUT2D eigenvalue weighted by molar-refractivity contribution is 5.76. The maximum absolute atomic E-state index is 13.5. The smallest absolute Gasteiger partial charge is 0.220 e. The summed E-state index contributed by atoms with van der Waals surface area (Å²) in [5, 5.41) is 121. The molecule has 3 heterocycles. The van der Waals surface area contributed by atoms with Crippen molar-refractivity contribution in [2.24, 2.45) is 0 Å². The van der Waals surface area contributed by atoms with Gasteiger partial charge < -0.3 is 89.9 Å².